The smallest absolute Gasteiger partial charge is 0.383 e. The Bertz CT molecular complexity index is 1370. The van der Waals surface area contributed by atoms with Crippen LogP contribution in [0.15, 0.2) is 58.3 Å². The second kappa shape index (κ2) is 7.35. The Hall–Kier alpha value is -2.80. The Morgan fingerprint density at radius 1 is 0.941 bits per heavy atom. The van der Waals surface area contributed by atoms with Crippen LogP contribution < -0.4 is 23.8 Å². The van der Waals surface area contributed by atoms with Crippen LogP contribution in [0.5, 0.6) is 17.2 Å². The molecule has 0 aliphatic carbocycles. The SMILES string of the molecule is CC(c1ccc(N2CCN(C)CC2)cc1)c1c2c3c(c4c1OP(=O)(O4)O2)Sc1ccccc1N3. The van der Waals surface area contributed by atoms with E-state index in [0.717, 1.165) is 58.5 Å². The van der Waals surface area contributed by atoms with Gasteiger partial charge in [-0.05, 0) is 36.9 Å². The summed E-state index contributed by atoms with van der Waals surface area (Å²) in [5.74, 6) is 1.60. The zero-order valence-corrected chi connectivity index (χ0v) is 20.6. The van der Waals surface area contributed by atoms with Gasteiger partial charge in [0.1, 0.15) is 5.69 Å². The number of piperazine rings is 1. The maximum absolute atomic E-state index is 13.1. The van der Waals surface area contributed by atoms with E-state index < -0.39 is 7.82 Å². The average molecular weight is 494 g/mol. The number of phosphoric acid groups is 1. The lowest BCUT2D eigenvalue weighted by Crippen LogP contribution is -2.44. The number of nitrogens with one attached hydrogen (secondary N) is 1. The topological polar surface area (TPSA) is 63.3 Å². The third kappa shape index (κ3) is 3.05. The predicted molar refractivity (Wildman–Crippen MR) is 133 cm³/mol. The summed E-state index contributed by atoms with van der Waals surface area (Å²) in [5.41, 5.74) is 5.05. The molecule has 3 aromatic carbocycles. The second-order valence-corrected chi connectivity index (χ2v) is 11.6. The van der Waals surface area contributed by atoms with E-state index in [-0.39, 0.29) is 5.92 Å². The molecule has 0 saturated carbocycles. The standard InChI is InChI=1S/C25H24N3O4PS/c1-15(16-7-9-17(10-8-16)28-13-11-27(2)12-14-28)20-22-21-25(24-23(20)31-33(29,30-22)32-24)34-19-6-4-3-5-18(19)26-21/h3-10,15,26H,11-14H2,1-2H3. The van der Waals surface area contributed by atoms with Gasteiger partial charge >= 0.3 is 7.82 Å². The minimum absolute atomic E-state index is 0.0324. The number of anilines is 3. The van der Waals surface area contributed by atoms with Crippen molar-refractivity contribution in [2.75, 3.05) is 43.4 Å². The summed E-state index contributed by atoms with van der Waals surface area (Å²) in [7, 11) is -1.51. The molecule has 4 heterocycles. The van der Waals surface area contributed by atoms with Gasteiger partial charge in [0.2, 0.25) is 0 Å². The minimum Gasteiger partial charge on any atom is -0.383 e. The highest BCUT2D eigenvalue weighted by atomic mass is 32.2. The van der Waals surface area contributed by atoms with E-state index in [9.17, 15) is 4.57 Å². The normalized spacial score (nSPS) is 22.7. The number of hydrogen-bond acceptors (Lipinski definition) is 8. The molecule has 174 valence electrons. The van der Waals surface area contributed by atoms with Gasteiger partial charge in [-0.3, -0.25) is 0 Å². The van der Waals surface area contributed by atoms with Gasteiger partial charge in [-0.25, -0.2) is 0 Å². The Kier molecular flexibility index (Phi) is 4.44. The molecular weight excluding hydrogens is 469 g/mol. The van der Waals surface area contributed by atoms with E-state index in [0.29, 0.717) is 17.2 Å². The highest BCUT2D eigenvalue weighted by Crippen LogP contribution is 2.73. The van der Waals surface area contributed by atoms with Crippen molar-refractivity contribution in [1.29, 1.82) is 0 Å². The zero-order chi connectivity index (χ0) is 23.0. The van der Waals surface area contributed by atoms with Gasteiger partial charge in [-0.2, -0.15) is 4.57 Å². The predicted octanol–water partition coefficient (Wildman–Crippen LogP) is 6.07. The Labute approximate surface area is 202 Å². The van der Waals surface area contributed by atoms with E-state index in [1.54, 1.807) is 11.8 Å². The molecule has 0 spiro atoms. The number of rotatable bonds is 3. The summed E-state index contributed by atoms with van der Waals surface area (Å²) in [4.78, 5) is 6.72. The molecule has 7 rings (SSSR count). The first-order chi connectivity index (χ1) is 16.5. The van der Waals surface area contributed by atoms with Crippen molar-refractivity contribution < 1.29 is 18.1 Å². The van der Waals surface area contributed by atoms with E-state index in [2.05, 4.69) is 59.4 Å². The monoisotopic (exact) mass is 493 g/mol. The molecule has 3 aromatic rings. The molecule has 1 saturated heterocycles. The lowest BCUT2D eigenvalue weighted by atomic mass is 9.90. The number of nitrogens with zero attached hydrogens (tertiary/aromatic N) is 2. The fourth-order valence-electron chi connectivity index (χ4n) is 5.05. The van der Waals surface area contributed by atoms with Crippen molar-refractivity contribution in [2.24, 2.45) is 0 Å². The molecule has 0 radical (unpaired) electrons. The van der Waals surface area contributed by atoms with Crippen LogP contribution >= 0.6 is 19.6 Å². The fourth-order valence-corrected chi connectivity index (χ4v) is 7.51. The van der Waals surface area contributed by atoms with Gasteiger partial charge in [0.05, 0.1) is 16.1 Å². The first kappa shape index (κ1) is 20.6. The maximum atomic E-state index is 13.1. The lowest BCUT2D eigenvalue weighted by molar-refractivity contribution is 0.313. The first-order valence-corrected chi connectivity index (χ1v) is 13.8. The summed E-state index contributed by atoms with van der Waals surface area (Å²) in [5, 5.41) is 3.50. The van der Waals surface area contributed by atoms with Gasteiger partial charge in [-0.15, -0.1) is 0 Å². The highest BCUT2D eigenvalue weighted by molar-refractivity contribution is 8.00. The van der Waals surface area contributed by atoms with Crippen LogP contribution in [-0.4, -0.2) is 38.1 Å². The molecule has 0 amide bonds. The van der Waals surface area contributed by atoms with Crippen LogP contribution in [0.4, 0.5) is 17.1 Å². The summed E-state index contributed by atoms with van der Waals surface area (Å²) in [6.45, 7) is 6.35. The van der Waals surface area contributed by atoms with Crippen molar-refractivity contribution in [3.8, 4) is 17.2 Å². The molecule has 9 heteroatoms. The van der Waals surface area contributed by atoms with Crippen LogP contribution in [0.25, 0.3) is 0 Å². The first-order valence-electron chi connectivity index (χ1n) is 11.5. The number of benzene rings is 3. The van der Waals surface area contributed by atoms with Crippen LogP contribution in [0.1, 0.15) is 24.0 Å². The van der Waals surface area contributed by atoms with Crippen molar-refractivity contribution in [1.82, 2.24) is 4.90 Å². The number of likely N-dealkylation sites (N-methyl/N-ethyl adjacent to an activating group) is 1. The summed E-state index contributed by atoms with van der Waals surface area (Å²) >= 11 is 1.58. The van der Waals surface area contributed by atoms with E-state index in [4.69, 9.17) is 13.6 Å². The second-order valence-electron chi connectivity index (χ2n) is 9.15. The molecule has 1 fully saturated rings. The molecule has 2 atom stereocenters. The summed E-state index contributed by atoms with van der Waals surface area (Å²) < 4.78 is 30.6. The largest absolute Gasteiger partial charge is 0.647 e. The van der Waals surface area contributed by atoms with Crippen molar-refractivity contribution in [3.63, 3.8) is 0 Å². The number of fused-ring (bicyclic) bond motifs is 6. The molecule has 0 aromatic heterocycles. The molecule has 3 bridgehead atoms. The highest BCUT2D eigenvalue weighted by Gasteiger charge is 2.53. The van der Waals surface area contributed by atoms with Crippen molar-refractivity contribution in [2.45, 2.75) is 22.6 Å². The molecule has 2 unspecified atom stereocenters. The molecule has 1 N–H and O–H groups in total. The van der Waals surface area contributed by atoms with E-state index in [1.165, 1.54) is 5.69 Å². The Morgan fingerprint density at radius 3 is 2.44 bits per heavy atom. The van der Waals surface area contributed by atoms with Gasteiger partial charge < -0.3 is 28.7 Å². The molecule has 4 aliphatic heterocycles. The Morgan fingerprint density at radius 2 is 1.65 bits per heavy atom. The van der Waals surface area contributed by atoms with Crippen LogP contribution in [0.3, 0.4) is 0 Å². The molecule has 7 nitrogen and oxygen atoms in total. The zero-order valence-electron chi connectivity index (χ0n) is 18.9. The van der Waals surface area contributed by atoms with Crippen LogP contribution in [0, 0.1) is 0 Å². The van der Waals surface area contributed by atoms with Gasteiger partial charge in [-0.1, -0.05) is 43.0 Å². The van der Waals surface area contributed by atoms with E-state index in [1.807, 2.05) is 18.2 Å². The quantitative estimate of drug-likeness (QED) is 0.345. The summed E-state index contributed by atoms with van der Waals surface area (Å²) in [6.07, 6.45) is 0. The minimum atomic E-state index is -3.68. The van der Waals surface area contributed by atoms with Gasteiger partial charge in [0.25, 0.3) is 0 Å². The van der Waals surface area contributed by atoms with Crippen molar-refractivity contribution in [3.05, 3.63) is 59.7 Å². The number of phosphoric ester groups is 1. The van der Waals surface area contributed by atoms with Crippen LogP contribution in [0.2, 0.25) is 0 Å². The number of hydrogen-bond donors (Lipinski definition) is 1. The molecular formula is C25H24N3O4PS. The molecule has 34 heavy (non-hydrogen) atoms. The van der Waals surface area contributed by atoms with E-state index >= 15 is 0 Å². The third-order valence-corrected chi connectivity index (χ3v) is 9.41. The maximum Gasteiger partial charge on any atom is 0.647 e. The molecule has 4 aliphatic rings. The lowest BCUT2D eigenvalue weighted by Gasteiger charge is -2.34. The van der Waals surface area contributed by atoms with Crippen molar-refractivity contribution >= 4 is 36.6 Å². The van der Waals surface area contributed by atoms with Gasteiger partial charge in [0.15, 0.2) is 17.2 Å². The summed E-state index contributed by atoms with van der Waals surface area (Å²) in [6, 6.07) is 16.8. The Balaban J connectivity index is 1.27. The fraction of sp³-hybridized carbons (Fsp3) is 0.280. The van der Waals surface area contributed by atoms with Gasteiger partial charge in [0, 0.05) is 42.7 Å². The van der Waals surface area contributed by atoms with Crippen LogP contribution in [-0.2, 0) is 4.57 Å². The third-order valence-electron chi connectivity index (χ3n) is 7.02. The number of para-hydroxylation sites is 1. The average Bonchev–Trinajstić information content (AvgIpc) is 3.08.